The van der Waals surface area contributed by atoms with Gasteiger partial charge in [0.2, 0.25) is 0 Å². The van der Waals surface area contributed by atoms with Crippen molar-refractivity contribution >= 4 is 11.6 Å². The Hall–Kier alpha value is -0.540. The Bertz CT molecular complexity index is 455. The van der Waals surface area contributed by atoms with Crippen molar-refractivity contribution in [2.45, 2.75) is 58.8 Å². The summed E-state index contributed by atoms with van der Waals surface area (Å²) in [6.45, 7) is 5.20. The number of rotatable bonds is 6. The molecule has 1 aromatic rings. The summed E-state index contributed by atoms with van der Waals surface area (Å²) in [5.41, 5.74) is 8.25. The summed E-state index contributed by atoms with van der Waals surface area (Å²) in [4.78, 5) is 0. The van der Waals surface area contributed by atoms with Gasteiger partial charge >= 0.3 is 0 Å². The predicted octanol–water partition coefficient (Wildman–Crippen LogP) is 3.97. The standard InChI is InChI=1S/C17H30ClN3/c1-4-6-12-7-8-13(11-19)14(9-12)10-16-17(18)15(5-2)20-21(16)3/h12-14H,4-11,19H2,1-3H3. The van der Waals surface area contributed by atoms with Gasteiger partial charge < -0.3 is 5.73 Å². The molecule has 1 aliphatic rings. The molecule has 3 nitrogen and oxygen atoms in total. The zero-order valence-corrected chi connectivity index (χ0v) is 14.5. The SMILES string of the molecule is CCCC1CCC(CN)C(Cc2c(Cl)c(CC)nn2C)C1. The third kappa shape index (κ3) is 3.81. The average Bonchev–Trinajstić information content (AvgIpc) is 2.75. The number of nitrogens with two attached hydrogens (primary N) is 1. The first-order valence-electron chi connectivity index (χ1n) is 8.50. The highest BCUT2D eigenvalue weighted by Gasteiger charge is 2.31. The Morgan fingerprint density at radius 3 is 2.62 bits per heavy atom. The van der Waals surface area contributed by atoms with Crippen LogP contribution >= 0.6 is 11.6 Å². The van der Waals surface area contributed by atoms with E-state index >= 15 is 0 Å². The molecule has 1 heterocycles. The van der Waals surface area contributed by atoms with Gasteiger partial charge in [0, 0.05) is 7.05 Å². The Kier molecular flexibility index (Phi) is 6.12. The predicted molar refractivity (Wildman–Crippen MR) is 89.6 cm³/mol. The van der Waals surface area contributed by atoms with Crippen molar-refractivity contribution in [2.75, 3.05) is 6.54 Å². The van der Waals surface area contributed by atoms with E-state index in [4.69, 9.17) is 17.3 Å². The number of nitrogens with zero attached hydrogens (tertiary/aromatic N) is 2. The summed E-state index contributed by atoms with van der Waals surface area (Å²) in [5.74, 6) is 2.19. The van der Waals surface area contributed by atoms with Crippen LogP contribution in [0.3, 0.4) is 0 Å². The van der Waals surface area contributed by atoms with E-state index in [-0.39, 0.29) is 0 Å². The molecule has 0 aliphatic heterocycles. The highest BCUT2D eigenvalue weighted by atomic mass is 35.5. The first-order chi connectivity index (χ1) is 10.1. The molecule has 1 aliphatic carbocycles. The molecule has 2 rings (SSSR count). The van der Waals surface area contributed by atoms with Gasteiger partial charge in [0.15, 0.2) is 0 Å². The van der Waals surface area contributed by atoms with E-state index in [1.165, 1.54) is 37.8 Å². The van der Waals surface area contributed by atoms with Crippen LogP contribution in [-0.2, 0) is 19.9 Å². The van der Waals surface area contributed by atoms with Crippen molar-refractivity contribution in [3.63, 3.8) is 0 Å². The Labute approximate surface area is 134 Å². The first kappa shape index (κ1) is 16.8. The van der Waals surface area contributed by atoms with Crippen LogP contribution in [0.25, 0.3) is 0 Å². The topological polar surface area (TPSA) is 43.8 Å². The minimum atomic E-state index is 0.647. The van der Waals surface area contributed by atoms with Gasteiger partial charge in [-0.1, -0.05) is 44.7 Å². The van der Waals surface area contributed by atoms with Crippen LogP contribution in [0.4, 0.5) is 0 Å². The smallest absolute Gasteiger partial charge is 0.0849 e. The van der Waals surface area contributed by atoms with E-state index in [0.29, 0.717) is 11.8 Å². The van der Waals surface area contributed by atoms with Gasteiger partial charge in [0.25, 0.3) is 0 Å². The van der Waals surface area contributed by atoms with Crippen molar-refractivity contribution in [1.82, 2.24) is 9.78 Å². The lowest BCUT2D eigenvalue weighted by Gasteiger charge is -2.35. The van der Waals surface area contributed by atoms with Gasteiger partial charge in [-0.05, 0) is 50.0 Å². The molecule has 4 heteroatoms. The quantitative estimate of drug-likeness (QED) is 0.864. The van der Waals surface area contributed by atoms with Crippen molar-refractivity contribution in [3.05, 3.63) is 16.4 Å². The maximum absolute atomic E-state index is 6.52. The molecule has 0 radical (unpaired) electrons. The monoisotopic (exact) mass is 311 g/mol. The molecule has 21 heavy (non-hydrogen) atoms. The van der Waals surface area contributed by atoms with Gasteiger partial charge in [-0.2, -0.15) is 5.10 Å². The fraction of sp³-hybridized carbons (Fsp3) is 0.824. The van der Waals surface area contributed by atoms with Gasteiger partial charge in [0.1, 0.15) is 0 Å². The maximum Gasteiger partial charge on any atom is 0.0849 e. The van der Waals surface area contributed by atoms with E-state index in [0.717, 1.165) is 36.0 Å². The molecule has 1 fully saturated rings. The van der Waals surface area contributed by atoms with Crippen LogP contribution < -0.4 is 5.73 Å². The largest absolute Gasteiger partial charge is 0.330 e. The van der Waals surface area contributed by atoms with E-state index < -0.39 is 0 Å². The molecule has 0 spiro atoms. The van der Waals surface area contributed by atoms with Crippen molar-refractivity contribution in [2.24, 2.45) is 30.5 Å². The summed E-state index contributed by atoms with van der Waals surface area (Å²) in [6, 6.07) is 0. The second kappa shape index (κ2) is 7.64. The van der Waals surface area contributed by atoms with Gasteiger partial charge in [-0.3, -0.25) is 4.68 Å². The maximum atomic E-state index is 6.52. The third-order valence-corrected chi connectivity index (χ3v) is 5.64. The van der Waals surface area contributed by atoms with E-state index in [1.54, 1.807) is 0 Å². The summed E-state index contributed by atoms with van der Waals surface area (Å²) in [7, 11) is 2.02. The molecule has 1 aromatic heterocycles. The molecular formula is C17H30ClN3. The van der Waals surface area contributed by atoms with Gasteiger partial charge in [0.05, 0.1) is 16.4 Å². The van der Waals surface area contributed by atoms with Crippen LogP contribution in [0.1, 0.15) is 57.3 Å². The number of aryl methyl sites for hydroxylation is 2. The second-order valence-corrected chi connectivity index (χ2v) is 6.99. The van der Waals surface area contributed by atoms with Gasteiger partial charge in [-0.25, -0.2) is 0 Å². The van der Waals surface area contributed by atoms with Crippen molar-refractivity contribution < 1.29 is 0 Å². The highest BCUT2D eigenvalue weighted by molar-refractivity contribution is 6.31. The van der Waals surface area contributed by atoms with Gasteiger partial charge in [-0.15, -0.1) is 0 Å². The lowest BCUT2D eigenvalue weighted by atomic mass is 9.71. The summed E-state index contributed by atoms with van der Waals surface area (Å²) in [6.07, 6.45) is 8.51. The number of hydrogen-bond acceptors (Lipinski definition) is 2. The van der Waals surface area contributed by atoms with Crippen molar-refractivity contribution in [1.29, 1.82) is 0 Å². The fourth-order valence-corrected chi connectivity index (χ4v) is 4.32. The lowest BCUT2D eigenvalue weighted by Crippen LogP contribution is -2.32. The van der Waals surface area contributed by atoms with Crippen LogP contribution in [0.15, 0.2) is 0 Å². The number of halogens is 1. The molecule has 3 atom stereocenters. The molecule has 0 saturated heterocycles. The average molecular weight is 312 g/mol. The Morgan fingerprint density at radius 1 is 1.29 bits per heavy atom. The highest BCUT2D eigenvalue weighted by Crippen LogP contribution is 2.38. The number of aromatic nitrogens is 2. The Morgan fingerprint density at radius 2 is 2.05 bits per heavy atom. The van der Waals surface area contributed by atoms with Crippen LogP contribution in [0, 0.1) is 17.8 Å². The second-order valence-electron chi connectivity index (χ2n) is 6.61. The third-order valence-electron chi connectivity index (χ3n) is 5.21. The molecule has 3 unspecified atom stereocenters. The van der Waals surface area contributed by atoms with Crippen molar-refractivity contribution in [3.8, 4) is 0 Å². The zero-order valence-electron chi connectivity index (χ0n) is 13.7. The first-order valence-corrected chi connectivity index (χ1v) is 8.88. The summed E-state index contributed by atoms with van der Waals surface area (Å²) in [5, 5.41) is 5.44. The molecule has 0 amide bonds. The molecule has 0 bridgehead atoms. The van der Waals surface area contributed by atoms with E-state index in [9.17, 15) is 0 Å². The van der Waals surface area contributed by atoms with Crippen LogP contribution in [0.5, 0.6) is 0 Å². The van der Waals surface area contributed by atoms with E-state index in [1.807, 2.05) is 11.7 Å². The molecule has 120 valence electrons. The zero-order chi connectivity index (χ0) is 15.4. The fourth-order valence-electron chi connectivity index (χ4n) is 3.94. The normalized spacial score (nSPS) is 26.2. The van der Waals surface area contributed by atoms with Crippen LogP contribution in [0.2, 0.25) is 5.02 Å². The Balaban J connectivity index is 2.13. The summed E-state index contributed by atoms with van der Waals surface area (Å²) < 4.78 is 1.98. The van der Waals surface area contributed by atoms with E-state index in [2.05, 4.69) is 18.9 Å². The van der Waals surface area contributed by atoms with Crippen LogP contribution in [-0.4, -0.2) is 16.3 Å². The lowest BCUT2D eigenvalue weighted by molar-refractivity contribution is 0.174. The molecular weight excluding hydrogens is 282 g/mol. The molecule has 0 aromatic carbocycles. The molecule has 1 saturated carbocycles. The minimum Gasteiger partial charge on any atom is -0.330 e. The number of hydrogen-bond donors (Lipinski definition) is 1. The minimum absolute atomic E-state index is 0.647. The summed E-state index contributed by atoms with van der Waals surface area (Å²) >= 11 is 6.52. The molecule has 2 N–H and O–H groups in total.